The maximum atomic E-state index is 9.01. The maximum Gasteiger partial charge on any atom is 0.0656 e. The van der Waals surface area contributed by atoms with Crippen LogP contribution in [0.4, 0.5) is 0 Å². The van der Waals surface area contributed by atoms with Crippen molar-refractivity contribution in [3.05, 3.63) is 35.9 Å². The van der Waals surface area contributed by atoms with Gasteiger partial charge in [-0.2, -0.15) is 5.26 Å². The third-order valence-corrected chi connectivity index (χ3v) is 6.04. The van der Waals surface area contributed by atoms with Gasteiger partial charge in [-0.3, -0.25) is 0 Å². The number of hydrogen-bond acceptors (Lipinski definition) is 3. The number of benzene rings is 1. The SMILES string of the molecule is N#CC1CCN(CC2(CNC3C[C@@H]3c3ccccc3)CC2)CC1. The quantitative estimate of drug-likeness (QED) is 0.877. The fourth-order valence-electron chi connectivity index (χ4n) is 4.10. The van der Waals surface area contributed by atoms with Gasteiger partial charge in [-0.25, -0.2) is 0 Å². The number of rotatable bonds is 6. The minimum Gasteiger partial charge on any atom is -0.313 e. The van der Waals surface area contributed by atoms with Gasteiger partial charge in [-0.1, -0.05) is 30.3 Å². The van der Waals surface area contributed by atoms with Gasteiger partial charge in [0.15, 0.2) is 0 Å². The van der Waals surface area contributed by atoms with E-state index in [2.05, 4.69) is 46.6 Å². The summed E-state index contributed by atoms with van der Waals surface area (Å²) in [6, 6.07) is 14.1. The van der Waals surface area contributed by atoms with Gasteiger partial charge in [0.2, 0.25) is 0 Å². The Morgan fingerprint density at radius 3 is 2.57 bits per heavy atom. The summed E-state index contributed by atoms with van der Waals surface area (Å²) >= 11 is 0. The number of nitrogens with zero attached hydrogens (tertiary/aromatic N) is 2. The summed E-state index contributed by atoms with van der Waals surface area (Å²) in [5.74, 6) is 1.04. The second-order valence-corrected chi connectivity index (χ2v) is 7.92. The molecule has 0 spiro atoms. The molecule has 0 amide bonds. The van der Waals surface area contributed by atoms with Crippen molar-refractivity contribution in [1.82, 2.24) is 10.2 Å². The molecule has 0 radical (unpaired) electrons. The predicted molar refractivity (Wildman–Crippen MR) is 92.0 cm³/mol. The number of likely N-dealkylation sites (tertiary alicyclic amines) is 1. The van der Waals surface area contributed by atoms with Gasteiger partial charge in [0.25, 0.3) is 0 Å². The van der Waals surface area contributed by atoms with Crippen molar-refractivity contribution < 1.29 is 0 Å². The van der Waals surface area contributed by atoms with Crippen molar-refractivity contribution >= 4 is 0 Å². The molecule has 1 N–H and O–H groups in total. The fraction of sp³-hybridized carbons (Fsp3) is 0.650. The van der Waals surface area contributed by atoms with Crippen LogP contribution in [0.3, 0.4) is 0 Å². The van der Waals surface area contributed by atoms with E-state index in [0.717, 1.165) is 31.8 Å². The standard InChI is InChI=1S/C20H27N3/c21-13-16-6-10-23(11-7-16)15-20(8-9-20)14-22-19-12-18(19)17-4-2-1-3-5-17/h1-5,16,18-19,22H,6-12,14-15H2/t18-,19?/m1/s1. The number of nitrogens with one attached hydrogen (secondary N) is 1. The molecule has 1 aromatic carbocycles. The Morgan fingerprint density at radius 1 is 1.17 bits per heavy atom. The molecule has 23 heavy (non-hydrogen) atoms. The van der Waals surface area contributed by atoms with Crippen LogP contribution in [0.2, 0.25) is 0 Å². The Morgan fingerprint density at radius 2 is 1.91 bits per heavy atom. The van der Waals surface area contributed by atoms with Crippen LogP contribution in [-0.2, 0) is 0 Å². The number of nitriles is 1. The van der Waals surface area contributed by atoms with E-state index in [4.69, 9.17) is 5.26 Å². The van der Waals surface area contributed by atoms with Crippen LogP contribution in [-0.4, -0.2) is 37.1 Å². The molecule has 3 aliphatic rings. The summed E-state index contributed by atoms with van der Waals surface area (Å²) in [7, 11) is 0. The Labute approximate surface area is 139 Å². The molecule has 1 saturated heterocycles. The highest BCUT2D eigenvalue weighted by atomic mass is 15.1. The van der Waals surface area contributed by atoms with Gasteiger partial charge >= 0.3 is 0 Å². The van der Waals surface area contributed by atoms with Gasteiger partial charge < -0.3 is 10.2 Å². The molecule has 3 fully saturated rings. The zero-order valence-corrected chi connectivity index (χ0v) is 13.9. The van der Waals surface area contributed by atoms with E-state index in [1.54, 1.807) is 0 Å². The van der Waals surface area contributed by atoms with Crippen LogP contribution in [0.5, 0.6) is 0 Å². The van der Waals surface area contributed by atoms with Crippen LogP contribution in [0, 0.1) is 22.7 Å². The second-order valence-electron chi connectivity index (χ2n) is 7.92. The smallest absolute Gasteiger partial charge is 0.0656 e. The van der Waals surface area contributed by atoms with Gasteiger partial charge in [0, 0.05) is 31.0 Å². The monoisotopic (exact) mass is 309 g/mol. The lowest BCUT2D eigenvalue weighted by molar-refractivity contribution is 0.167. The molecule has 1 unspecified atom stereocenters. The molecule has 1 aliphatic heterocycles. The Bertz CT molecular complexity index is 564. The molecule has 3 nitrogen and oxygen atoms in total. The van der Waals surface area contributed by atoms with Crippen LogP contribution in [0.1, 0.15) is 43.6 Å². The van der Waals surface area contributed by atoms with Crippen molar-refractivity contribution in [3.63, 3.8) is 0 Å². The molecule has 2 atom stereocenters. The second kappa shape index (κ2) is 6.26. The number of hydrogen-bond donors (Lipinski definition) is 1. The first-order chi connectivity index (χ1) is 11.3. The van der Waals surface area contributed by atoms with Crippen LogP contribution in [0.25, 0.3) is 0 Å². The minimum atomic E-state index is 0.303. The van der Waals surface area contributed by atoms with Crippen molar-refractivity contribution in [2.75, 3.05) is 26.2 Å². The van der Waals surface area contributed by atoms with E-state index in [1.807, 2.05) is 0 Å². The van der Waals surface area contributed by atoms with Crippen molar-refractivity contribution in [3.8, 4) is 6.07 Å². The molecule has 4 rings (SSSR count). The predicted octanol–water partition coefficient (Wildman–Crippen LogP) is 3.15. The van der Waals surface area contributed by atoms with E-state index in [0.29, 0.717) is 17.4 Å². The highest BCUT2D eigenvalue weighted by Gasteiger charge is 2.46. The summed E-state index contributed by atoms with van der Waals surface area (Å²) < 4.78 is 0. The van der Waals surface area contributed by atoms with Crippen LogP contribution >= 0.6 is 0 Å². The molecule has 0 aromatic heterocycles. The highest BCUT2D eigenvalue weighted by molar-refractivity contribution is 5.27. The van der Waals surface area contributed by atoms with Gasteiger partial charge in [-0.15, -0.1) is 0 Å². The lowest BCUT2D eigenvalue weighted by Crippen LogP contribution is -2.41. The Kier molecular flexibility index (Phi) is 4.13. The highest BCUT2D eigenvalue weighted by Crippen LogP contribution is 2.48. The Hall–Kier alpha value is -1.37. The average Bonchev–Trinajstić information content (AvgIpc) is 3.51. The fourth-order valence-corrected chi connectivity index (χ4v) is 4.10. The third kappa shape index (κ3) is 3.59. The average molecular weight is 309 g/mol. The van der Waals surface area contributed by atoms with Gasteiger partial charge in [0.1, 0.15) is 0 Å². The largest absolute Gasteiger partial charge is 0.313 e. The lowest BCUT2D eigenvalue weighted by atomic mass is 9.96. The number of piperidine rings is 1. The molecule has 2 aliphatic carbocycles. The van der Waals surface area contributed by atoms with Crippen LogP contribution in [0.15, 0.2) is 30.3 Å². The van der Waals surface area contributed by atoms with E-state index >= 15 is 0 Å². The van der Waals surface area contributed by atoms with E-state index in [9.17, 15) is 0 Å². The van der Waals surface area contributed by atoms with Crippen molar-refractivity contribution in [2.45, 2.75) is 44.1 Å². The first kappa shape index (κ1) is 15.2. The third-order valence-electron chi connectivity index (χ3n) is 6.04. The molecule has 1 heterocycles. The molecule has 0 bridgehead atoms. The zero-order chi connectivity index (χ0) is 15.7. The van der Waals surface area contributed by atoms with Crippen LogP contribution < -0.4 is 5.32 Å². The maximum absolute atomic E-state index is 9.01. The summed E-state index contributed by atoms with van der Waals surface area (Å²) in [6.07, 6.45) is 6.19. The normalized spacial score (nSPS) is 29.9. The molecule has 1 aromatic rings. The van der Waals surface area contributed by atoms with Gasteiger partial charge in [0.05, 0.1) is 6.07 Å². The van der Waals surface area contributed by atoms with Crippen molar-refractivity contribution in [2.24, 2.45) is 11.3 Å². The van der Waals surface area contributed by atoms with E-state index in [-0.39, 0.29) is 0 Å². The summed E-state index contributed by atoms with van der Waals surface area (Å²) in [6.45, 7) is 4.66. The topological polar surface area (TPSA) is 39.1 Å². The first-order valence-corrected chi connectivity index (χ1v) is 9.18. The Balaban J connectivity index is 1.22. The van der Waals surface area contributed by atoms with E-state index in [1.165, 1.54) is 37.9 Å². The summed E-state index contributed by atoms with van der Waals surface area (Å²) in [4.78, 5) is 2.60. The summed E-state index contributed by atoms with van der Waals surface area (Å²) in [5.41, 5.74) is 2.02. The lowest BCUT2D eigenvalue weighted by Gasteiger charge is -2.32. The summed E-state index contributed by atoms with van der Waals surface area (Å²) in [5, 5.41) is 12.9. The molecular weight excluding hydrogens is 282 g/mol. The van der Waals surface area contributed by atoms with Crippen molar-refractivity contribution in [1.29, 1.82) is 5.26 Å². The van der Waals surface area contributed by atoms with Gasteiger partial charge in [-0.05, 0) is 56.2 Å². The molecule has 3 heteroatoms. The molecule has 2 saturated carbocycles. The molecular formula is C20H27N3. The van der Waals surface area contributed by atoms with E-state index < -0.39 is 0 Å². The minimum absolute atomic E-state index is 0.303. The zero-order valence-electron chi connectivity index (χ0n) is 13.9. The molecule has 122 valence electrons. The first-order valence-electron chi connectivity index (χ1n) is 9.18.